The minimum Gasteiger partial charge on any atom is -0.310 e. The number of likely N-dealkylation sites (N-methyl/N-ethyl adjacent to an activating group) is 1. The first-order chi connectivity index (χ1) is 7.49. The fourth-order valence-electron chi connectivity index (χ4n) is 2.14. The summed E-state index contributed by atoms with van der Waals surface area (Å²) in [5, 5.41) is 3.23. The molecule has 1 N–H and O–H groups in total. The monoisotopic (exact) mass is 247 g/mol. The number of carbonyl (C=O) groups excluding carboxylic acids is 1. The van der Waals surface area contributed by atoms with Gasteiger partial charge >= 0.3 is 0 Å². The molecule has 2 aliphatic rings. The molecule has 7 heteroatoms. The first kappa shape index (κ1) is 11.8. The van der Waals surface area contributed by atoms with Crippen LogP contribution in [0.4, 0.5) is 0 Å². The molecule has 16 heavy (non-hydrogen) atoms. The topological polar surface area (TPSA) is 69.7 Å². The Bertz CT molecular complexity index is 381. The molecule has 1 atom stereocenters. The van der Waals surface area contributed by atoms with E-state index < -0.39 is 10.0 Å². The number of sulfonamides is 1. The van der Waals surface area contributed by atoms with Crippen LogP contribution in [0.5, 0.6) is 0 Å². The van der Waals surface area contributed by atoms with E-state index in [4.69, 9.17) is 0 Å². The number of nitrogens with one attached hydrogen (secondary N) is 1. The van der Waals surface area contributed by atoms with Crippen LogP contribution in [-0.4, -0.2) is 68.6 Å². The molecule has 6 nitrogen and oxygen atoms in total. The molecule has 92 valence electrons. The number of piperazine rings is 1. The summed E-state index contributed by atoms with van der Waals surface area (Å²) in [6.45, 7) is 2.84. The zero-order valence-corrected chi connectivity index (χ0v) is 10.2. The van der Waals surface area contributed by atoms with Gasteiger partial charge in [0.05, 0.1) is 12.3 Å². The predicted octanol–water partition coefficient (Wildman–Crippen LogP) is -1.55. The van der Waals surface area contributed by atoms with Gasteiger partial charge in [-0.1, -0.05) is 0 Å². The minimum atomic E-state index is -3.33. The SMILES string of the molecule is CN1CCNC(CN2C(=O)CCS2(=O)=O)C1. The average Bonchev–Trinajstić information content (AvgIpc) is 2.45. The quantitative estimate of drug-likeness (QED) is 0.640. The second-order valence-electron chi connectivity index (χ2n) is 4.40. The normalized spacial score (nSPS) is 30.9. The van der Waals surface area contributed by atoms with Crippen molar-refractivity contribution in [3.05, 3.63) is 0 Å². The van der Waals surface area contributed by atoms with Gasteiger partial charge in [0.1, 0.15) is 0 Å². The van der Waals surface area contributed by atoms with Crippen LogP contribution in [0.15, 0.2) is 0 Å². The zero-order valence-electron chi connectivity index (χ0n) is 9.35. The van der Waals surface area contributed by atoms with Gasteiger partial charge in [-0.05, 0) is 7.05 Å². The minimum absolute atomic E-state index is 0.0333. The Morgan fingerprint density at radius 2 is 2.25 bits per heavy atom. The Hall–Kier alpha value is -0.660. The molecule has 0 radical (unpaired) electrons. The molecule has 0 aromatic rings. The molecule has 1 unspecified atom stereocenters. The Labute approximate surface area is 95.6 Å². The van der Waals surface area contributed by atoms with E-state index in [0.29, 0.717) is 0 Å². The fourth-order valence-corrected chi connectivity index (χ4v) is 3.60. The highest BCUT2D eigenvalue weighted by Crippen LogP contribution is 2.15. The third-order valence-electron chi connectivity index (χ3n) is 3.03. The molecule has 2 fully saturated rings. The summed E-state index contributed by atoms with van der Waals surface area (Å²) >= 11 is 0. The lowest BCUT2D eigenvalue weighted by molar-refractivity contribution is -0.125. The first-order valence-electron chi connectivity index (χ1n) is 5.44. The van der Waals surface area contributed by atoms with E-state index >= 15 is 0 Å². The van der Waals surface area contributed by atoms with Crippen LogP contribution in [0.25, 0.3) is 0 Å². The summed E-state index contributed by atoms with van der Waals surface area (Å²) < 4.78 is 24.2. The molecular weight excluding hydrogens is 230 g/mol. The molecule has 0 bridgehead atoms. The van der Waals surface area contributed by atoms with Crippen LogP contribution in [-0.2, 0) is 14.8 Å². The molecule has 1 amide bonds. The Kier molecular flexibility index (Phi) is 3.18. The van der Waals surface area contributed by atoms with Gasteiger partial charge in [-0.25, -0.2) is 12.7 Å². The zero-order chi connectivity index (χ0) is 11.8. The third-order valence-corrected chi connectivity index (χ3v) is 4.78. The molecule has 2 heterocycles. The van der Waals surface area contributed by atoms with Gasteiger partial charge < -0.3 is 10.2 Å². The van der Waals surface area contributed by atoms with Crippen molar-refractivity contribution in [2.24, 2.45) is 0 Å². The summed E-state index contributed by atoms with van der Waals surface area (Å²) in [5.41, 5.74) is 0. The van der Waals surface area contributed by atoms with Gasteiger partial charge in [0, 0.05) is 32.1 Å². The lowest BCUT2D eigenvalue weighted by Gasteiger charge is -2.32. The van der Waals surface area contributed by atoms with E-state index in [0.717, 1.165) is 23.9 Å². The highest BCUT2D eigenvalue weighted by molar-refractivity contribution is 7.90. The maximum Gasteiger partial charge on any atom is 0.237 e. The van der Waals surface area contributed by atoms with E-state index in [1.807, 2.05) is 7.05 Å². The summed E-state index contributed by atoms with van der Waals surface area (Å²) in [7, 11) is -1.33. The molecule has 2 aliphatic heterocycles. The number of hydrogen-bond donors (Lipinski definition) is 1. The van der Waals surface area contributed by atoms with Crippen LogP contribution < -0.4 is 5.32 Å². The number of nitrogens with zero attached hydrogens (tertiary/aromatic N) is 2. The van der Waals surface area contributed by atoms with E-state index in [-0.39, 0.29) is 30.7 Å². The number of rotatable bonds is 2. The second-order valence-corrected chi connectivity index (χ2v) is 6.42. The predicted molar refractivity (Wildman–Crippen MR) is 59.4 cm³/mol. The van der Waals surface area contributed by atoms with Crippen LogP contribution in [0, 0.1) is 0 Å². The number of carbonyl (C=O) groups is 1. The summed E-state index contributed by atoms with van der Waals surface area (Å²) in [6, 6.07) is 0.0515. The van der Waals surface area contributed by atoms with Crippen molar-refractivity contribution in [3.63, 3.8) is 0 Å². The molecule has 0 spiro atoms. The average molecular weight is 247 g/mol. The summed E-state index contributed by atoms with van der Waals surface area (Å²) in [4.78, 5) is 13.6. The molecule has 0 saturated carbocycles. The summed E-state index contributed by atoms with van der Waals surface area (Å²) in [6.07, 6.45) is 0.130. The molecule has 2 rings (SSSR count). The fraction of sp³-hybridized carbons (Fsp3) is 0.889. The van der Waals surface area contributed by atoms with Crippen molar-refractivity contribution in [2.75, 3.05) is 39.0 Å². The maximum atomic E-state index is 11.6. The Morgan fingerprint density at radius 3 is 2.81 bits per heavy atom. The first-order valence-corrected chi connectivity index (χ1v) is 7.05. The van der Waals surface area contributed by atoms with Crippen LogP contribution >= 0.6 is 0 Å². The van der Waals surface area contributed by atoms with Gasteiger partial charge in [-0.15, -0.1) is 0 Å². The van der Waals surface area contributed by atoms with E-state index in [1.165, 1.54) is 0 Å². The highest BCUT2D eigenvalue weighted by atomic mass is 32.2. The van der Waals surface area contributed by atoms with E-state index in [9.17, 15) is 13.2 Å². The lowest BCUT2D eigenvalue weighted by atomic mass is 10.2. The van der Waals surface area contributed by atoms with E-state index in [1.54, 1.807) is 0 Å². The summed E-state index contributed by atoms with van der Waals surface area (Å²) in [5.74, 6) is -0.302. The van der Waals surface area contributed by atoms with Crippen molar-refractivity contribution in [1.82, 2.24) is 14.5 Å². The standard InChI is InChI=1S/C9H17N3O3S/c1-11-4-3-10-8(6-11)7-12-9(13)2-5-16(12,14)15/h8,10H,2-7H2,1H3. The molecule has 0 aromatic carbocycles. The third kappa shape index (κ3) is 2.36. The van der Waals surface area contributed by atoms with Gasteiger partial charge in [-0.2, -0.15) is 0 Å². The Morgan fingerprint density at radius 1 is 1.50 bits per heavy atom. The van der Waals surface area contributed by atoms with Crippen molar-refractivity contribution in [2.45, 2.75) is 12.5 Å². The van der Waals surface area contributed by atoms with Crippen LogP contribution in [0.1, 0.15) is 6.42 Å². The van der Waals surface area contributed by atoms with Crippen molar-refractivity contribution in [1.29, 1.82) is 0 Å². The maximum absolute atomic E-state index is 11.6. The van der Waals surface area contributed by atoms with Gasteiger partial charge in [0.2, 0.25) is 15.9 Å². The van der Waals surface area contributed by atoms with Gasteiger partial charge in [-0.3, -0.25) is 4.79 Å². The smallest absolute Gasteiger partial charge is 0.237 e. The Balaban J connectivity index is 2.01. The number of amides is 1. The molecular formula is C9H17N3O3S. The molecule has 0 aliphatic carbocycles. The van der Waals surface area contributed by atoms with Crippen LogP contribution in [0.3, 0.4) is 0 Å². The van der Waals surface area contributed by atoms with Gasteiger partial charge in [0.25, 0.3) is 0 Å². The van der Waals surface area contributed by atoms with Crippen molar-refractivity contribution >= 4 is 15.9 Å². The highest BCUT2D eigenvalue weighted by Gasteiger charge is 2.36. The van der Waals surface area contributed by atoms with Crippen molar-refractivity contribution < 1.29 is 13.2 Å². The van der Waals surface area contributed by atoms with Crippen molar-refractivity contribution in [3.8, 4) is 0 Å². The lowest BCUT2D eigenvalue weighted by Crippen LogP contribution is -2.54. The number of hydrogen-bond acceptors (Lipinski definition) is 5. The van der Waals surface area contributed by atoms with Crippen LogP contribution in [0.2, 0.25) is 0 Å². The van der Waals surface area contributed by atoms with E-state index in [2.05, 4.69) is 10.2 Å². The largest absolute Gasteiger partial charge is 0.310 e. The van der Waals surface area contributed by atoms with Gasteiger partial charge in [0.15, 0.2) is 0 Å². The molecule has 2 saturated heterocycles. The molecule has 0 aromatic heterocycles. The second kappa shape index (κ2) is 4.31.